The Labute approximate surface area is 330 Å². The molecule has 17 heteroatoms. The number of aryl methyl sites for hydroxylation is 1. The Morgan fingerprint density at radius 2 is 1.63 bits per heavy atom. The van der Waals surface area contributed by atoms with Crippen LogP contribution in [0.4, 0.5) is 19.3 Å². The SMILES string of the molecule is Cc1ccc(NC(=O)N[C@@H](Cc2cc(F)cc(F)c2)C(=O)N[C@@H]2C(=O)N3CCC[C@@]3(C)C(=O)N(C)[C@@H](C)C(=O)N[C@@H](C)C(=O)N3C[C@@H](C)C[C@H]3C(=O)O[C@H]2C)cc1. The zero-order valence-electron chi connectivity index (χ0n) is 33.2. The van der Waals surface area contributed by atoms with Crippen LogP contribution in [0.3, 0.4) is 0 Å². The van der Waals surface area contributed by atoms with Crippen molar-refractivity contribution < 1.29 is 47.1 Å². The number of rotatable bonds is 6. The Hall–Kier alpha value is -5.61. The standard InChI is InChI=1S/C40H51F2N7O8/c1-21-9-11-29(12-10-21)44-39(56)45-30(18-26-16-27(41)19-28(42)17-26)34(51)46-32-25(5)57-37(54)31-15-22(2)20-48(31)35(52)23(3)43-33(50)24(4)47(7)38(55)40(6)13-8-14-49(40)36(32)53/h9-12,16-17,19,22-25,30-32H,8,13-15,18,20H2,1-7H3,(H,43,50)(H,46,51)(H2,44,45,56)/t22-,23-,24-,25-,30-,31-,32-,40-/m0/s1. The summed E-state index contributed by atoms with van der Waals surface area (Å²) in [6, 6.07) is 2.23. The van der Waals surface area contributed by atoms with Crippen LogP contribution < -0.4 is 21.3 Å². The first kappa shape index (κ1) is 42.5. The lowest BCUT2D eigenvalue weighted by Gasteiger charge is -2.41. The van der Waals surface area contributed by atoms with Crippen LogP contribution in [-0.4, -0.2) is 118 Å². The van der Waals surface area contributed by atoms with E-state index in [4.69, 9.17) is 4.74 Å². The van der Waals surface area contributed by atoms with Crippen molar-refractivity contribution in [2.75, 3.05) is 25.5 Å². The Balaban J connectivity index is 1.52. The van der Waals surface area contributed by atoms with Gasteiger partial charge < -0.3 is 40.7 Å². The molecule has 0 aromatic heterocycles. The van der Waals surface area contributed by atoms with Crippen molar-refractivity contribution >= 4 is 47.2 Å². The van der Waals surface area contributed by atoms with Crippen molar-refractivity contribution in [3.05, 3.63) is 65.2 Å². The molecule has 0 aliphatic carbocycles. The number of cyclic esters (lactones) is 1. The monoisotopic (exact) mass is 795 g/mol. The van der Waals surface area contributed by atoms with Crippen LogP contribution in [0.25, 0.3) is 0 Å². The normalized spacial score (nSPS) is 27.9. The third-order valence-corrected chi connectivity index (χ3v) is 11.1. The molecule has 3 saturated heterocycles. The summed E-state index contributed by atoms with van der Waals surface area (Å²) in [5.41, 5.74) is -0.173. The molecular formula is C40H51F2N7O8. The quantitative estimate of drug-likeness (QED) is 0.321. The van der Waals surface area contributed by atoms with Crippen molar-refractivity contribution in [2.45, 2.75) is 109 Å². The number of carbonyl (C=O) groups is 7. The zero-order valence-corrected chi connectivity index (χ0v) is 33.2. The van der Waals surface area contributed by atoms with Crippen LogP contribution >= 0.6 is 0 Å². The van der Waals surface area contributed by atoms with Gasteiger partial charge in [0, 0.05) is 38.3 Å². The Morgan fingerprint density at radius 3 is 2.28 bits per heavy atom. The fourth-order valence-electron chi connectivity index (χ4n) is 7.70. The van der Waals surface area contributed by atoms with Crippen LogP contribution in [0.1, 0.15) is 65.0 Å². The number of ether oxygens (including phenoxy) is 1. The summed E-state index contributed by atoms with van der Waals surface area (Å²) in [5, 5.41) is 10.4. The van der Waals surface area contributed by atoms with Crippen molar-refractivity contribution in [1.29, 1.82) is 0 Å². The number of fused-ring (bicyclic) bond motifs is 2. The number of esters is 1. The molecule has 8 atom stereocenters. The highest BCUT2D eigenvalue weighted by molar-refractivity contribution is 5.99. The molecule has 2 aromatic rings. The fourth-order valence-corrected chi connectivity index (χ4v) is 7.70. The number of likely N-dealkylation sites (N-methyl/N-ethyl adjacent to an activating group) is 1. The number of nitrogens with one attached hydrogen (secondary N) is 4. The Morgan fingerprint density at radius 1 is 0.982 bits per heavy atom. The zero-order chi connectivity index (χ0) is 41.9. The highest BCUT2D eigenvalue weighted by atomic mass is 19.1. The van der Waals surface area contributed by atoms with Gasteiger partial charge in [0.05, 0.1) is 0 Å². The molecule has 2 aromatic carbocycles. The van der Waals surface area contributed by atoms with Gasteiger partial charge >= 0.3 is 12.0 Å². The summed E-state index contributed by atoms with van der Waals surface area (Å²) >= 11 is 0. The summed E-state index contributed by atoms with van der Waals surface area (Å²) in [5.74, 6) is -6.32. The predicted octanol–water partition coefficient (Wildman–Crippen LogP) is 2.41. The largest absolute Gasteiger partial charge is 0.458 e. The number of carbonyl (C=O) groups excluding carboxylic acids is 7. The van der Waals surface area contributed by atoms with Gasteiger partial charge in [-0.05, 0) is 89.6 Å². The van der Waals surface area contributed by atoms with Gasteiger partial charge in [0.1, 0.15) is 53.5 Å². The second-order valence-electron chi connectivity index (χ2n) is 15.7. The van der Waals surface area contributed by atoms with Crippen molar-refractivity contribution in [1.82, 2.24) is 30.7 Å². The lowest BCUT2D eigenvalue weighted by Crippen LogP contribution is -2.65. The highest BCUT2D eigenvalue weighted by Gasteiger charge is 2.51. The molecule has 7 amide bonds. The number of amides is 7. The topological polar surface area (TPSA) is 187 Å². The lowest BCUT2D eigenvalue weighted by atomic mass is 9.94. The van der Waals surface area contributed by atoms with Crippen molar-refractivity contribution in [3.63, 3.8) is 0 Å². The molecule has 57 heavy (non-hydrogen) atoms. The molecule has 3 aliphatic rings. The summed E-state index contributed by atoms with van der Waals surface area (Å²) in [6.07, 6.45) is -1.00. The summed E-state index contributed by atoms with van der Waals surface area (Å²) in [6.45, 7) is 9.87. The number of benzene rings is 2. The van der Waals surface area contributed by atoms with Crippen molar-refractivity contribution in [2.24, 2.45) is 5.92 Å². The van der Waals surface area contributed by atoms with Crippen LogP contribution in [0, 0.1) is 24.5 Å². The summed E-state index contributed by atoms with van der Waals surface area (Å²) in [4.78, 5) is 101. The maximum Gasteiger partial charge on any atom is 0.329 e. The number of halogens is 2. The number of anilines is 1. The van der Waals surface area contributed by atoms with Gasteiger partial charge in [0.25, 0.3) is 0 Å². The molecular weight excluding hydrogens is 744 g/mol. The van der Waals surface area contributed by atoms with Gasteiger partial charge in [-0.25, -0.2) is 18.4 Å². The van der Waals surface area contributed by atoms with Crippen LogP contribution in [-0.2, 0) is 39.9 Å². The van der Waals surface area contributed by atoms with Gasteiger partial charge in [0.15, 0.2) is 0 Å². The first-order valence-electron chi connectivity index (χ1n) is 19.1. The summed E-state index contributed by atoms with van der Waals surface area (Å²) < 4.78 is 34.5. The minimum absolute atomic E-state index is 0.0142. The number of hydrogen-bond acceptors (Lipinski definition) is 8. The molecule has 0 unspecified atom stereocenters. The minimum atomic E-state index is -1.65. The second-order valence-corrected chi connectivity index (χ2v) is 15.7. The second kappa shape index (κ2) is 17.3. The van der Waals surface area contributed by atoms with Crippen molar-refractivity contribution in [3.8, 4) is 0 Å². The van der Waals surface area contributed by atoms with E-state index in [1.807, 2.05) is 13.8 Å². The minimum Gasteiger partial charge on any atom is -0.458 e. The average Bonchev–Trinajstić information content (AvgIpc) is 3.74. The van der Waals surface area contributed by atoms with E-state index in [9.17, 15) is 42.3 Å². The van der Waals surface area contributed by atoms with E-state index < -0.39 is 101 Å². The molecule has 3 fully saturated rings. The predicted molar refractivity (Wildman–Crippen MR) is 203 cm³/mol. The smallest absolute Gasteiger partial charge is 0.329 e. The van der Waals surface area contributed by atoms with E-state index in [1.165, 1.54) is 42.5 Å². The third-order valence-electron chi connectivity index (χ3n) is 11.1. The number of urea groups is 1. The lowest BCUT2D eigenvalue weighted by molar-refractivity contribution is -0.164. The van der Waals surface area contributed by atoms with Gasteiger partial charge in [-0.3, -0.25) is 24.0 Å². The Bertz CT molecular complexity index is 1890. The number of nitrogens with zero attached hydrogens (tertiary/aromatic N) is 3. The van der Waals surface area contributed by atoms with Crippen LogP contribution in [0.15, 0.2) is 42.5 Å². The van der Waals surface area contributed by atoms with E-state index in [0.717, 1.165) is 17.7 Å². The first-order chi connectivity index (χ1) is 26.8. The third kappa shape index (κ3) is 9.51. The molecule has 3 heterocycles. The molecule has 0 saturated carbocycles. The average molecular weight is 796 g/mol. The van der Waals surface area contributed by atoms with E-state index >= 15 is 0 Å². The van der Waals surface area contributed by atoms with E-state index in [2.05, 4.69) is 21.3 Å². The highest BCUT2D eigenvalue weighted by Crippen LogP contribution is 2.33. The molecule has 0 bridgehead atoms. The van der Waals surface area contributed by atoms with E-state index in [0.29, 0.717) is 18.2 Å². The Kier molecular flexibility index (Phi) is 12.9. The van der Waals surface area contributed by atoms with Gasteiger partial charge in [0.2, 0.25) is 29.5 Å². The molecule has 5 rings (SSSR count). The van der Waals surface area contributed by atoms with Crippen LogP contribution in [0.2, 0.25) is 0 Å². The fraction of sp³-hybridized carbons (Fsp3) is 0.525. The molecule has 308 valence electrons. The molecule has 0 spiro atoms. The van der Waals surface area contributed by atoms with Gasteiger partial charge in [-0.2, -0.15) is 0 Å². The molecule has 15 nitrogen and oxygen atoms in total. The summed E-state index contributed by atoms with van der Waals surface area (Å²) in [7, 11) is 1.42. The molecule has 0 radical (unpaired) electrons. The van der Waals surface area contributed by atoms with Gasteiger partial charge in [-0.15, -0.1) is 0 Å². The van der Waals surface area contributed by atoms with E-state index in [-0.39, 0.29) is 37.4 Å². The maximum absolute atomic E-state index is 14.7. The molecule has 4 N–H and O–H groups in total. The molecule has 3 aliphatic heterocycles. The van der Waals surface area contributed by atoms with Gasteiger partial charge in [-0.1, -0.05) is 24.6 Å². The first-order valence-corrected chi connectivity index (χ1v) is 19.1. The maximum atomic E-state index is 14.7. The van der Waals surface area contributed by atoms with E-state index in [1.54, 1.807) is 31.2 Å². The van der Waals surface area contributed by atoms with Crippen LogP contribution in [0.5, 0.6) is 0 Å². The number of hydrogen-bond donors (Lipinski definition) is 4.